The van der Waals surface area contributed by atoms with E-state index in [9.17, 15) is 4.79 Å². The van der Waals surface area contributed by atoms with Crippen LogP contribution in [0.25, 0.3) is 0 Å². The van der Waals surface area contributed by atoms with Gasteiger partial charge in [-0.1, -0.05) is 19.3 Å². The van der Waals surface area contributed by atoms with Crippen molar-refractivity contribution in [2.45, 2.75) is 71.5 Å². The second kappa shape index (κ2) is 7.80. The first-order chi connectivity index (χ1) is 12.1. The van der Waals surface area contributed by atoms with Gasteiger partial charge < -0.3 is 9.88 Å². The minimum absolute atomic E-state index is 0.0300. The first-order valence-corrected chi connectivity index (χ1v) is 9.21. The smallest absolute Gasteiger partial charge is 0.220 e. The van der Waals surface area contributed by atoms with E-state index in [0.717, 1.165) is 25.1 Å². The summed E-state index contributed by atoms with van der Waals surface area (Å²) >= 11 is 0. The molecule has 1 aliphatic carbocycles. The van der Waals surface area contributed by atoms with Gasteiger partial charge in [0.15, 0.2) is 0 Å². The van der Waals surface area contributed by atoms with Crippen LogP contribution in [0.4, 0.5) is 0 Å². The van der Waals surface area contributed by atoms with E-state index in [1.54, 1.807) is 11.0 Å². The van der Waals surface area contributed by atoms with E-state index in [2.05, 4.69) is 51.5 Å². The Kier molecular flexibility index (Phi) is 5.50. The lowest BCUT2D eigenvalue weighted by atomic mass is 9.71. The zero-order valence-electron chi connectivity index (χ0n) is 15.2. The Morgan fingerprint density at radius 2 is 2.12 bits per heavy atom. The molecule has 1 aliphatic rings. The summed E-state index contributed by atoms with van der Waals surface area (Å²) in [7, 11) is 0. The van der Waals surface area contributed by atoms with Crippen molar-refractivity contribution in [2.24, 2.45) is 5.41 Å². The first kappa shape index (κ1) is 17.6. The van der Waals surface area contributed by atoms with Gasteiger partial charge in [0.25, 0.3) is 0 Å². The number of hydrogen-bond donors (Lipinski definition) is 1. The summed E-state index contributed by atoms with van der Waals surface area (Å²) in [6.07, 6.45) is 9.95. The van der Waals surface area contributed by atoms with Crippen LogP contribution in [0.1, 0.15) is 64.1 Å². The molecule has 1 saturated carbocycles. The highest BCUT2D eigenvalue weighted by molar-refractivity contribution is 5.76. The average Bonchev–Trinajstić information content (AvgIpc) is 3.25. The third-order valence-electron chi connectivity index (χ3n) is 5.23. The molecule has 2 aromatic rings. The van der Waals surface area contributed by atoms with Crippen LogP contribution in [0.15, 0.2) is 24.7 Å². The van der Waals surface area contributed by atoms with Crippen LogP contribution in [0.5, 0.6) is 0 Å². The van der Waals surface area contributed by atoms with Gasteiger partial charge in [-0.3, -0.25) is 4.79 Å². The molecular weight excluding hydrogens is 316 g/mol. The third kappa shape index (κ3) is 4.46. The van der Waals surface area contributed by atoms with Gasteiger partial charge in [-0.2, -0.15) is 0 Å². The number of amides is 1. The molecule has 0 aliphatic heterocycles. The van der Waals surface area contributed by atoms with E-state index in [4.69, 9.17) is 0 Å². The molecule has 0 saturated heterocycles. The van der Waals surface area contributed by atoms with Crippen molar-refractivity contribution in [3.05, 3.63) is 30.4 Å². The van der Waals surface area contributed by atoms with Crippen LogP contribution in [0.2, 0.25) is 0 Å². The maximum Gasteiger partial charge on any atom is 0.220 e. The van der Waals surface area contributed by atoms with Gasteiger partial charge in [0.2, 0.25) is 5.91 Å². The number of tetrazole rings is 1. The molecular formula is C18H28N6O. The van der Waals surface area contributed by atoms with E-state index in [1.807, 2.05) is 6.07 Å². The van der Waals surface area contributed by atoms with Crippen LogP contribution in [-0.2, 0) is 17.9 Å². The standard InChI is InChI=1S/C18H28N6O/c1-15(2)24-10-6-7-16(24)12-19-17(25)11-18(8-4-3-5-9-18)13-23-14-20-21-22-23/h6-7,10,14-15H,3-5,8-9,11-13H2,1-2H3,(H,19,25). The number of nitrogens with one attached hydrogen (secondary N) is 1. The fourth-order valence-electron chi connectivity index (χ4n) is 3.96. The Balaban J connectivity index is 1.61. The van der Waals surface area contributed by atoms with Crippen LogP contribution in [0.3, 0.4) is 0 Å². The second-order valence-electron chi connectivity index (χ2n) is 7.52. The van der Waals surface area contributed by atoms with Crippen molar-refractivity contribution in [2.75, 3.05) is 0 Å². The lowest BCUT2D eigenvalue weighted by Gasteiger charge is -2.36. The number of rotatable bonds is 7. The molecule has 0 atom stereocenters. The fourth-order valence-corrected chi connectivity index (χ4v) is 3.96. The van der Waals surface area contributed by atoms with Crippen LogP contribution in [-0.4, -0.2) is 30.7 Å². The summed E-state index contributed by atoms with van der Waals surface area (Å²) < 4.78 is 3.96. The van der Waals surface area contributed by atoms with Gasteiger partial charge in [-0.15, -0.1) is 5.10 Å². The molecule has 7 nitrogen and oxygen atoms in total. The molecule has 0 bridgehead atoms. The Hall–Kier alpha value is -2.18. The number of hydrogen-bond acceptors (Lipinski definition) is 4. The summed E-state index contributed by atoms with van der Waals surface area (Å²) in [5.74, 6) is 0.117. The highest BCUT2D eigenvalue weighted by Crippen LogP contribution is 2.40. The van der Waals surface area contributed by atoms with Gasteiger partial charge in [0.1, 0.15) is 6.33 Å². The lowest BCUT2D eigenvalue weighted by molar-refractivity contribution is -0.124. The molecule has 1 amide bonds. The molecule has 0 aromatic carbocycles. The summed E-state index contributed by atoms with van der Waals surface area (Å²) in [6.45, 7) is 5.59. The quantitative estimate of drug-likeness (QED) is 0.838. The van der Waals surface area contributed by atoms with Gasteiger partial charge in [-0.25, -0.2) is 4.68 Å². The number of carbonyl (C=O) groups excluding carboxylic acids is 1. The Bertz CT molecular complexity index is 670. The molecule has 7 heteroatoms. The van der Waals surface area contributed by atoms with Crippen molar-refractivity contribution >= 4 is 5.91 Å². The van der Waals surface area contributed by atoms with Crippen LogP contribution in [0, 0.1) is 5.41 Å². The molecule has 3 rings (SSSR count). The highest BCUT2D eigenvalue weighted by atomic mass is 16.1. The van der Waals surface area contributed by atoms with Crippen molar-refractivity contribution in [1.29, 1.82) is 0 Å². The van der Waals surface area contributed by atoms with Gasteiger partial charge >= 0.3 is 0 Å². The third-order valence-corrected chi connectivity index (χ3v) is 5.23. The predicted octanol–water partition coefficient (Wildman–Crippen LogP) is 2.71. The van der Waals surface area contributed by atoms with E-state index in [0.29, 0.717) is 19.0 Å². The molecule has 136 valence electrons. The van der Waals surface area contributed by atoms with Gasteiger partial charge in [0.05, 0.1) is 13.1 Å². The summed E-state index contributed by atoms with van der Waals surface area (Å²) in [6, 6.07) is 4.49. The topological polar surface area (TPSA) is 77.6 Å². The largest absolute Gasteiger partial charge is 0.351 e. The van der Waals surface area contributed by atoms with E-state index in [-0.39, 0.29) is 11.3 Å². The SMILES string of the molecule is CC(C)n1cccc1CNC(=O)CC1(Cn2cnnn2)CCCCC1. The van der Waals surface area contributed by atoms with Crippen LogP contribution < -0.4 is 5.32 Å². The lowest BCUT2D eigenvalue weighted by Crippen LogP contribution is -2.36. The maximum absolute atomic E-state index is 12.6. The molecule has 1 fully saturated rings. The van der Waals surface area contributed by atoms with Crippen molar-refractivity contribution in [3.8, 4) is 0 Å². The molecule has 1 N–H and O–H groups in total. The van der Waals surface area contributed by atoms with E-state index in [1.165, 1.54) is 19.3 Å². The molecule has 0 unspecified atom stereocenters. The van der Waals surface area contributed by atoms with Crippen molar-refractivity contribution in [1.82, 2.24) is 30.1 Å². The molecule has 0 radical (unpaired) electrons. The maximum atomic E-state index is 12.6. The average molecular weight is 344 g/mol. The summed E-state index contributed by atoms with van der Waals surface area (Å²) in [5.41, 5.74) is 1.11. The van der Waals surface area contributed by atoms with Crippen LogP contribution >= 0.6 is 0 Å². The van der Waals surface area contributed by atoms with E-state index < -0.39 is 0 Å². The molecule has 0 spiro atoms. The zero-order valence-corrected chi connectivity index (χ0v) is 15.2. The number of carbonyl (C=O) groups is 1. The molecule has 2 aromatic heterocycles. The van der Waals surface area contributed by atoms with Gasteiger partial charge in [0, 0.05) is 24.4 Å². The normalized spacial score (nSPS) is 16.9. The van der Waals surface area contributed by atoms with Gasteiger partial charge in [-0.05, 0) is 54.7 Å². The molecule has 2 heterocycles. The Labute approximate surface area is 148 Å². The van der Waals surface area contributed by atoms with E-state index >= 15 is 0 Å². The highest BCUT2D eigenvalue weighted by Gasteiger charge is 2.35. The number of nitrogens with zero attached hydrogens (tertiary/aromatic N) is 5. The molecule has 25 heavy (non-hydrogen) atoms. The summed E-state index contributed by atoms with van der Waals surface area (Å²) in [5, 5.41) is 14.6. The number of aromatic nitrogens is 5. The second-order valence-corrected chi connectivity index (χ2v) is 7.52. The summed E-state index contributed by atoms with van der Waals surface area (Å²) in [4.78, 5) is 12.6. The minimum atomic E-state index is -0.0300. The zero-order chi connectivity index (χ0) is 17.7. The monoisotopic (exact) mass is 344 g/mol. The van der Waals surface area contributed by atoms with Crippen molar-refractivity contribution < 1.29 is 4.79 Å². The fraction of sp³-hybridized carbons (Fsp3) is 0.667. The van der Waals surface area contributed by atoms with Crippen molar-refractivity contribution in [3.63, 3.8) is 0 Å². The first-order valence-electron chi connectivity index (χ1n) is 9.21. The Morgan fingerprint density at radius 1 is 1.32 bits per heavy atom. The minimum Gasteiger partial charge on any atom is -0.351 e. The predicted molar refractivity (Wildman–Crippen MR) is 94.6 cm³/mol. The Morgan fingerprint density at radius 3 is 2.80 bits per heavy atom.